The molecule has 0 unspecified atom stereocenters. The third-order valence-electron chi connectivity index (χ3n) is 1.72. The van der Waals surface area contributed by atoms with Gasteiger partial charge in [0.25, 0.3) is 0 Å². The standard InChI is InChI=1S/C9H13N3/c1-2-3-4-9-11-7-8(12-9)5-6-10/h7H,2-5H2,1H3,(H,11,12). The zero-order valence-electron chi connectivity index (χ0n) is 7.30. The van der Waals surface area contributed by atoms with Gasteiger partial charge in [-0.2, -0.15) is 5.26 Å². The molecule has 3 heteroatoms. The fourth-order valence-electron chi connectivity index (χ4n) is 1.05. The lowest BCUT2D eigenvalue weighted by molar-refractivity contribution is 0.761. The second kappa shape index (κ2) is 4.55. The number of unbranched alkanes of at least 4 members (excludes halogenated alkanes) is 1. The molecule has 0 atom stereocenters. The van der Waals surface area contributed by atoms with Gasteiger partial charge in [-0.3, -0.25) is 0 Å². The molecule has 1 rings (SSSR count). The molecule has 0 saturated heterocycles. The van der Waals surface area contributed by atoms with Crippen molar-refractivity contribution in [2.75, 3.05) is 0 Å². The van der Waals surface area contributed by atoms with E-state index < -0.39 is 0 Å². The van der Waals surface area contributed by atoms with Crippen LogP contribution in [-0.2, 0) is 12.8 Å². The van der Waals surface area contributed by atoms with Gasteiger partial charge in [0.2, 0.25) is 0 Å². The molecule has 0 aliphatic heterocycles. The topological polar surface area (TPSA) is 52.5 Å². The van der Waals surface area contributed by atoms with Crippen LogP contribution in [0.25, 0.3) is 0 Å². The molecule has 0 fully saturated rings. The van der Waals surface area contributed by atoms with Crippen molar-refractivity contribution in [3.63, 3.8) is 0 Å². The van der Waals surface area contributed by atoms with Gasteiger partial charge in [-0.25, -0.2) is 4.98 Å². The fraction of sp³-hybridized carbons (Fsp3) is 0.556. The second-order valence-corrected chi connectivity index (χ2v) is 2.79. The molecule has 0 aliphatic carbocycles. The lowest BCUT2D eigenvalue weighted by Gasteiger charge is -1.91. The van der Waals surface area contributed by atoms with Gasteiger partial charge in [-0.05, 0) is 6.42 Å². The van der Waals surface area contributed by atoms with Crippen molar-refractivity contribution in [1.82, 2.24) is 9.97 Å². The van der Waals surface area contributed by atoms with E-state index in [-0.39, 0.29) is 0 Å². The number of nitrogens with one attached hydrogen (secondary N) is 1. The molecule has 64 valence electrons. The lowest BCUT2D eigenvalue weighted by Crippen LogP contribution is -1.88. The number of nitriles is 1. The Morgan fingerprint density at radius 1 is 1.67 bits per heavy atom. The number of hydrogen-bond acceptors (Lipinski definition) is 2. The first-order chi connectivity index (χ1) is 5.86. The van der Waals surface area contributed by atoms with Gasteiger partial charge in [0.15, 0.2) is 0 Å². The summed E-state index contributed by atoms with van der Waals surface area (Å²) in [4.78, 5) is 7.28. The van der Waals surface area contributed by atoms with Crippen molar-refractivity contribution in [2.24, 2.45) is 0 Å². The molecular formula is C9H13N3. The highest BCUT2D eigenvalue weighted by atomic mass is 14.9. The van der Waals surface area contributed by atoms with E-state index in [1.165, 1.54) is 6.42 Å². The summed E-state index contributed by atoms with van der Waals surface area (Å²) in [6.07, 6.45) is 5.49. The molecular weight excluding hydrogens is 150 g/mol. The van der Waals surface area contributed by atoms with Gasteiger partial charge in [0.05, 0.1) is 12.5 Å². The Bertz CT molecular complexity index is 270. The minimum atomic E-state index is 0.430. The summed E-state index contributed by atoms with van der Waals surface area (Å²) in [6.45, 7) is 2.15. The first-order valence-electron chi connectivity index (χ1n) is 4.26. The number of aryl methyl sites for hydroxylation is 1. The van der Waals surface area contributed by atoms with Crippen LogP contribution in [0.4, 0.5) is 0 Å². The van der Waals surface area contributed by atoms with Crippen molar-refractivity contribution in [2.45, 2.75) is 32.6 Å². The van der Waals surface area contributed by atoms with E-state index in [0.717, 1.165) is 24.4 Å². The van der Waals surface area contributed by atoms with Crippen LogP contribution in [0.2, 0.25) is 0 Å². The smallest absolute Gasteiger partial charge is 0.106 e. The highest BCUT2D eigenvalue weighted by Crippen LogP contribution is 2.01. The fourth-order valence-corrected chi connectivity index (χ4v) is 1.05. The number of hydrogen-bond donors (Lipinski definition) is 1. The number of rotatable bonds is 4. The van der Waals surface area contributed by atoms with Gasteiger partial charge < -0.3 is 4.98 Å². The number of nitrogens with zero attached hydrogens (tertiary/aromatic N) is 2. The molecule has 1 N–H and O–H groups in total. The summed E-state index contributed by atoms with van der Waals surface area (Å²) >= 11 is 0. The number of imidazole rings is 1. The maximum Gasteiger partial charge on any atom is 0.106 e. The molecule has 0 saturated carbocycles. The number of aromatic amines is 1. The third kappa shape index (κ3) is 2.39. The lowest BCUT2D eigenvalue weighted by atomic mass is 10.2. The molecule has 0 radical (unpaired) electrons. The minimum Gasteiger partial charge on any atom is -0.345 e. The Balaban J connectivity index is 2.48. The molecule has 0 spiro atoms. The molecule has 0 bridgehead atoms. The molecule has 0 aliphatic rings. The maximum atomic E-state index is 8.41. The Morgan fingerprint density at radius 2 is 2.50 bits per heavy atom. The van der Waals surface area contributed by atoms with Gasteiger partial charge >= 0.3 is 0 Å². The van der Waals surface area contributed by atoms with E-state index in [9.17, 15) is 0 Å². The van der Waals surface area contributed by atoms with Gasteiger partial charge in [0.1, 0.15) is 5.82 Å². The van der Waals surface area contributed by atoms with Crippen molar-refractivity contribution in [3.05, 3.63) is 17.7 Å². The SMILES string of the molecule is CCCCc1ncc(CC#N)[nH]1. The first kappa shape index (κ1) is 8.79. The van der Waals surface area contributed by atoms with E-state index in [2.05, 4.69) is 23.0 Å². The van der Waals surface area contributed by atoms with Gasteiger partial charge in [-0.1, -0.05) is 13.3 Å². The van der Waals surface area contributed by atoms with Crippen molar-refractivity contribution in [1.29, 1.82) is 5.26 Å². The van der Waals surface area contributed by atoms with Crippen LogP contribution in [0.5, 0.6) is 0 Å². The highest BCUT2D eigenvalue weighted by Gasteiger charge is 1.98. The highest BCUT2D eigenvalue weighted by molar-refractivity contribution is 5.06. The average Bonchev–Trinajstić information content (AvgIpc) is 2.50. The van der Waals surface area contributed by atoms with Crippen molar-refractivity contribution in [3.8, 4) is 6.07 Å². The molecule has 3 nitrogen and oxygen atoms in total. The molecule has 0 aromatic carbocycles. The van der Waals surface area contributed by atoms with E-state index >= 15 is 0 Å². The van der Waals surface area contributed by atoms with Crippen LogP contribution in [0, 0.1) is 11.3 Å². The summed E-state index contributed by atoms with van der Waals surface area (Å²) in [5.41, 5.74) is 0.920. The Kier molecular flexibility index (Phi) is 3.34. The summed E-state index contributed by atoms with van der Waals surface area (Å²) in [6, 6.07) is 2.08. The molecule has 1 aromatic rings. The van der Waals surface area contributed by atoms with Crippen LogP contribution >= 0.6 is 0 Å². The monoisotopic (exact) mass is 163 g/mol. The second-order valence-electron chi connectivity index (χ2n) is 2.79. The normalized spacial score (nSPS) is 9.67. The molecule has 1 heterocycles. The third-order valence-corrected chi connectivity index (χ3v) is 1.72. The van der Waals surface area contributed by atoms with Gasteiger partial charge in [-0.15, -0.1) is 0 Å². The van der Waals surface area contributed by atoms with Crippen LogP contribution in [0.3, 0.4) is 0 Å². The molecule has 12 heavy (non-hydrogen) atoms. The first-order valence-corrected chi connectivity index (χ1v) is 4.26. The summed E-state index contributed by atoms with van der Waals surface area (Å²) in [7, 11) is 0. The maximum absolute atomic E-state index is 8.41. The van der Waals surface area contributed by atoms with Gasteiger partial charge in [0, 0.05) is 18.3 Å². The Hall–Kier alpha value is -1.30. The van der Waals surface area contributed by atoms with Crippen LogP contribution in [-0.4, -0.2) is 9.97 Å². The van der Waals surface area contributed by atoms with Crippen molar-refractivity contribution >= 4 is 0 Å². The predicted octanol–water partition coefficient (Wildman–Crippen LogP) is 1.82. The average molecular weight is 163 g/mol. The van der Waals surface area contributed by atoms with E-state index in [1.807, 2.05) is 0 Å². The van der Waals surface area contributed by atoms with Crippen LogP contribution in [0.15, 0.2) is 6.20 Å². The van der Waals surface area contributed by atoms with Crippen LogP contribution in [0.1, 0.15) is 31.3 Å². The number of H-pyrrole nitrogens is 1. The van der Waals surface area contributed by atoms with E-state index in [0.29, 0.717) is 6.42 Å². The summed E-state index contributed by atoms with van der Waals surface area (Å²) in [5.74, 6) is 1.00. The van der Waals surface area contributed by atoms with E-state index in [4.69, 9.17) is 5.26 Å². The number of aromatic nitrogens is 2. The summed E-state index contributed by atoms with van der Waals surface area (Å²) in [5, 5.41) is 8.41. The zero-order valence-corrected chi connectivity index (χ0v) is 7.30. The predicted molar refractivity (Wildman–Crippen MR) is 46.5 cm³/mol. The molecule has 0 amide bonds. The molecule has 1 aromatic heterocycles. The largest absolute Gasteiger partial charge is 0.345 e. The minimum absolute atomic E-state index is 0.430. The Morgan fingerprint density at radius 3 is 3.17 bits per heavy atom. The zero-order chi connectivity index (χ0) is 8.81. The quantitative estimate of drug-likeness (QED) is 0.736. The van der Waals surface area contributed by atoms with Crippen LogP contribution < -0.4 is 0 Å². The van der Waals surface area contributed by atoms with Crippen molar-refractivity contribution < 1.29 is 0 Å². The summed E-state index contributed by atoms with van der Waals surface area (Å²) < 4.78 is 0. The Labute approximate surface area is 72.4 Å². The van der Waals surface area contributed by atoms with E-state index in [1.54, 1.807) is 6.20 Å².